The van der Waals surface area contributed by atoms with Crippen LogP contribution in [0.15, 0.2) is 0 Å². The molecule has 4 nitrogen and oxygen atoms in total. The molecule has 0 spiro atoms. The van der Waals surface area contributed by atoms with Crippen LogP contribution < -0.4 is 0 Å². The average molecular weight is 219 g/mol. The molecular formula is C9H17NO3S. The third-order valence-corrected chi connectivity index (χ3v) is 2.58. The topological polar surface area (TPSA) is 57.6 Å². The Labute approximate surface area is 88.7 Å². The molecule has 1 amide bonds. The fourth-order valence-corrected chi connectivity index (χ4v) is 1.68. The number of carboxylic acid groups (broad SMARTS) is 1. The van der Waals surface area contributed by atoms with Crippen molar-refractivity contribution in [3.63, 3.8) is 0 Å². The monoisotopic (exact) mass is 219 g/mol. The summed E-state index contributed by atoms with van der Waals surface area (Å²) in [7, 11) is 0. The zero-order chi connectivity index (χ0) is 11.0. The largest absolute Gasteiger partial charge is 0.481 e. The highest BCUT2D eigenvalue weighted by Crippen LogP contribution is 2.03. The zero-order valence-corrected chi connectivity index (χ0v) is 9.47. The Morgan fingerprint density at radius 3 is 2.36 bits per heavy atom. The number of hydrogen-bond donors (Lipinski definition) is 1. The third-order valence-electron chi connectivity index (χ3n) is 1.68. The van der Waals surface area contributed by atoms with Crippen LogP contribution >= 0.6 is 11.8 Å². The van der Waals surface area contributed by atoms with Crippen LogP contribution in [0.5, 0.6) is 0 Å². The summed E-state index contributed by atoms with van der Waals surface area (Å²) < 4.78 is 0. The van der Waals surface area contributed by atoms with Crippen LogP contribution in [0, 0.1) is 0 Å². The first kappa shape index (κ1) is 13.3. The van der Waals surface area contributed by atoms with E-state index in [0.717, 1.165) is 24.7 Å². The minimum absolute atomic E-state index is 0.00454. The fraction of sp³-hybridized carbons (Fsp3) is 0.778. The number of rotatable bonds is 7. The van der Waals surface area contributed by atoms with Crippen LogP contribution in [-0.2, 0) is 9.59 Å². The second-order valence-corrected chi connectivity index (χ2v) is 3.85. The van der Waals surface area contributed by atoms with Gasteiger partial charge in [-0.25, -0.2) is 0 Å². The van der Waals surface area contributed by atoms with Crippen molar-refractivity contribution in [3.8, 4) is 0 Å². The molecule has 0 saturated carbocycles. The van der Waals surface area contributed by atoms with Gasteiger partial charge < -0.3 is 10.0 Å². The minimum Gasteiger partial charge on any atom is -0.481 e. The molecule has 0 aromatic rings. The molecule has 0 aliphatic heterocycles. The van der Waals surface area contributed by atoms with Crippen molar-refractivity contribution < 1.29 is 14.7 Å². The van der Waals surface area contributed by atoms with Gasteiger partial charge in [-0.05, 0) is 13.3 Å². The lowest BCUT2D eigenvalue weighted by atomic mass is 10.4. The highest BCUT2D eigenvalue weighted by Gasteiger charge is 2.10. The molecule has 0 heterocycles. The Kier molecular flexibility index (Phi) is 7.28. The van der Waals surface area contributed by atoms with Gasteiger partial charge in [-0.1, -0.05) is 6.92 Å². The summed E-state index contributed by atoms with van der Waals surface area (Å²) in [6.07, 6.45) is 0.934. The predicted octanol–water partition coefficient (Wildman–Crippen LogP) is 1.06. The number of amides is 1. The Morgan fingerprint density at radius 2 is 1.93 bits per heavy atom. The van der Waals surface area contributed by atoms with Gasteiger partial charge in [0.1, 0.15) is 0 Å². The van der Waals surface area contributed by atoms with Crippen molar-refractivity contribution in [1.82, 2.24) is 4.90 Å². The molecule has 0 aromatic carbocycles. The Bertz CT molecular complexity index is 196. The summed E-state index contributed by atoms with van der Waals surface area (Å²) in [6, 6.07) is 0. The van der Waals surface area contributed by atoms with E-state index in [1.165, 1.54) is 0 Å². The normalized spacial score (nSPS) is 9.86. The molecule has 0 radical (unpaired) electrons. The van der Waals surface area contributed by atoms with E-state index in [2.05, 4.69) is 0 Å². The van der Waals surface area contributed by atoms with Crippen LogP contribution in [0.1, 0.15) is 20.3 Å². The van der Waals surface area contributed by atoms with E-state index >= 15 is 0 Å². The summed E-state index contributed by atoms with van der Waals surface area (Å²) >= 11 is 1.15. The van der Waals surface area contributed by atoms with Crippen molar-refractivity contribution in [3.05, 3.63) is 0 Å². The van der Waals surface area contributed by atoms with Gasteiger partial charge in [-0.15, -0.1) is 11.8 Å². The molecule has 5 heteroatoms. The number of nitrogens with zero attached hydrogens (tertiary/aromatic N) is 1. The second kappa shape index (κ2) is 7.67. The highest BCUT2D eigenvalue weighted by molar-refractivity contribution is 8.00. The van der Waals surface area contributed by atoms with Gasteiger partial charge in [-0.3, -0.25) is 9.59 Å². The first-order valence-corrected chi connectivity index (χ1v) is 5.84. The molecule has 0 rings (SSSR count). The summed E-state index contributed by atoms with van der Waals surface area (Å²) in [4.78, 5) is 23.4. The summed E-state index contributed by atoms with van der Waals surface area (Å²) in [5.41, 5.74) is 0. The Hall–Kier alpha value is -0.710. The lowest BCUT2D eigenvalue weighted by Gasteiger charge is -2.19. The maximum atomic E-state index is 11.5. The number of carboxylic acids is 1. The standard InChI is InChI=1S/C9H17NO3S/c1-3-5-10(4-2)8(11)6-14-7-9(12)13/h3-7H2,1-2H3,(H,12,13). The zero-order valence-electron chi connectivity index (χ0n) is 8.65. The molecule has 0 fully saturated rings. The highest BCUT2D eigenvalue weighted by atomic mass is 32.2. The molecule has 0 unspecified atom stereocenters. The van der Waals surface area contributed by atoms with Crippen molar-refractivity contribution >= 4 is 23.6 Å². The van der Waals surface area contributed by atoms with Gasteiger partial charge in [0, 0.05) is 13.1 Å². The molecule has 0 bridgehead atoms. The van der Waals surface area contributed by atoms with E-state index in [1.54, 1.807) is 4.90 Å². The van der Waals surface area contributed by atoms with Gasteiger partial charge in [0.05, 0.1) is 11.5 Å². The molecule has 0 aliphatic carbocycles. The second-order valence-electron chi connectivity index (χ2n) is 2.86. The van der Waals surface area contributed by atoms with Gasteiger partial charge in [0.25, 0.3) is 0 Å². The lowest BCUT2D eigenvalue weighted by Crippen LogP contribution is -2.33. The Morgan fingerprint density at radius 1 is 1.29 bits per heavy atom. The number of aliphatic carboxylic acids is 1. The third kappa shape index (κ3) is 5.85. The summed E-state index contributed by atoms with van der Waals surface area (Å²) in [6.45, 7) is 5.39. The van der Waals surface area contributed by atoms with Crippen molar-refractivity contribution in [1.29, 1.82) is 0 Å². The molecule has 1 N–H and O–H groups in total. The molecule has 0 saturated heterocycles. The molecular weight excluding hydrogens is 202 g/mol. The van der Waals surface area contributed by atoms with Gasteiger partial charge in [-0.2, -0.15) is 0 Å². The number of carbonyl (C=O) groups excluding carboxylic acids is 1. The maximum Gasteiger partial charge on any atom is 0.313 e. The lowest BCUT2D eigenvalue weighted by molar-refractivity contribution is -0.133. The Balaban J connectivity index is 3.74. The SMILES string of the molecule is CCCN(CC)C(=O)CSCC(=O)O. The van der Waals surface area contributed by atoms with Gasteiger partial charge in [0.15, 0.2) is 0 Å². The molecule has 0 atom stereocenters. The van der Waals surface area contributed by atoms with Crippen molar-refractivity contribution in [2.24, 2.45) is 0 Å². The van der Waals surface area contributed by atoms with Crippen molar-refractivity contribution in [2.45, 2.75) is 20.3 Å². The summed E-state index contributed by atoms with van der Waals surface area (Å²) in [5.74, 6) is -0.586. The minimum atomic E-state index is -0.874. The molecule has 0 aromatic heterocycles. The summed E-state index contributed by atoms with van der Waals surface area (Å²) in [5, 5.41) is 8.38. The van der Waals surface area contributed by atoms with Crippen LogP contribution in [0.25, 0.3) is 0 Å². The van der Waals surface area contributed by atoms with Gasteiger partial charge >= 0.3 is 5.97 Å². The van der Waals surface area contributed by atoms with Crippen LogP contribution in [0.4, 0.5) is 0 Å². The van der Waals surface area contributed by atoms with Gasteiger partial charge in [0.2, 0.25) is 5.91 Å². The number of thioether (sulfide) groups is 1. The number of carbonyl (C=O) groups is 2. The van der Waals surface area contributed by atoms with E-state index < -0.39 is 5.97 Å². The first-order chi connectivity index (χ1) is 6.61. The quantitative estimate of drug-likeness (QED) is 0.695. The van der Waals surface area contributed by atoms with Crippen LogP contribution in [-0.4, -0.2) is 46.5 Å². The van der Waals surface area contributed by atoms with Crippen LogP contribution in [0.2, 0.25) is 0 Å². The van der Waals surface area contributed by atoms with E-state index in [4.69, 9.17) is 5.11 Å². The smallest absolute Gasteiger partial charge is 0.313 e. The first-order valence-electron chi connectivity index (χ1n) is 4.69. The van der Waals surface area contributed by atoms with E-state index in [9.17, 15) is 9.59 Å². The fourth-order valence-electron chi connectivity index (χ4n) is 1.05. The molecule has 0 aliphatic rings. The maximum absolute atomic E-state index is 11.5. The van der Waals surface area contributed by atoms with E-state index in [1.807, 2.05) is 13.8 Å². The average Bonchev–Trinajstić information content (AvgIpc) is 2.13. The van der Waals surface area contributed by atoms with Crippen LogP contribution in [0.3, 0.4) is 0 Å². The molecule has 82 valence electrons. The van der Waals surface area contributed by atoms with E-state index in [-0.39, 0.29) is 17.4 Å². The number of hydrogen-bond acceptors (Lipinski definition) is 3. The van der Waals surface area contributed by atoms with Crippen molar-refractivity contribution in [2.75, 3.05) is 24.6 Å². The molecule has 14 heavy (non-hydrogen) atoms. The van der Waals surface area contributed by atoms with E-state index in [0.29, 0.717) is 6.54 Å². The predicted molar refractivity (Wildman–Crippen MR) is 57.5 cm³/mol.